The third-order valence-electron chi connectivity index (χ3n) is 5.92. The Balaban J connectivity index is 1.28. The van der Waals surface area contributed by atoms with Crippen molar-refractivity contribution in [3.05, 3.63) is 82.7 Å². The summed E-state index contributed by atoms with van der Waals surface area (Å²) >= 11 is 0. The number of carbonyl (C=O) groups excluding carboxylic acids is 4. The minimum atomic E-state index is -0.672. The molecule has 1 aromatic heterocycles. The fourth-order valence-corrected chi connectivity index (χ4v) is 3.88. The van der Waals surface area contributed by atoms with Crippen LogP contribution in [-0.4, -0.2) is 40.1 Å². The largest absolute Gasteiger partial charge is 0.452 e. The van der Waals surface area contributed by atoms with Gasteiger partial charge in [0, 0.05) is 30.6 Å². The van der Waals surface area contributed by atoms with Gasteiger partial charge < -0.3 is 10.1 Å². The molecule has 0 unspecified atom stereocenters. The lowest BCUT2D eigenvalue weighted by molar-refractivity contribution is -0.130. The smallest absolute Gasteiger partial charge is 0.338 e. The van der Waals surface area contributed by atoms with E-state index in [1.807, 2.05) is 48.9 Å². The zero-order valence-electron chi connectivity index (χ0n) is 20.1. The van der Waals surface area contributed by atoms with Crippen LogP contribution in [0.3, 0.4) is 0 Å². The van der Waals surface area contributed by atoms with Gasteiger partial charge in [-0.25, -0.2) is 9.80 Å². The van der Waals surface area contributed by atoms with Crippen molar-refractivity contribution in [2.45, 2.75) is 39.8 Å². The van der Waals surface area contributed by atoms with Crippen molar-refractivity contribution in [3.8, 4) is 0 Å². The van der Waals surface area contributed by atoms with Crippen LogP contribution >= 0.6 is 0 Å². The number of hydrogen-bond acceptors (Lipinski definition) is 6. The van der Waals surface area contributed by atoms with E-state index in [4.69, 9.17) is 4.74 Å². The van der Waals surface area contributed by atoms with E-state index >= 15 is 0 Å². The Morgan fingerprint density at radius 1 is 1.03 bits per heavy atom. The Morgan fingerprint density at radius 2 is 1.75 bits per heavy atom. The number of rotatable bonds is 8. The average molecular weight is 490 g/mol. The molecule has 0 spiro atoms. The van der Waals surface area contributed by atoms with E-state index in [2.05, 4.69) is 15.8 Å². The van der Waals surface area contributed by atoms with E-state index < -0.39 is 18.5 Å². The molecule has 2 aromatic carbocycles. The Kier molecular flexibility index (Phi) is 7.43. The van der Waals surface area contributed by atoms with Gasteiger partial charge in [0.25, 0.3) is 5.91 Å². The lowest BCUT2D eigenvalue weighted by atomic mass is 10.2. The van der Waals surface area contributed by atoms with Gasteiger partial charge in [0.2, 0.25) is 11.8 Å². The van der Waals surface area contributed by atoms with Crippen LogP contribution in [0.15, 0.2) is 54.6 Å². The van der Waals surface area contributed by atoms with E-state index in [-0.39, 0.29) is 36.8 Å². The van der Waals surface area contributed by atoms with Crippen molar-refractivity contribution in [1.29, 1.82) is 0 Å². The SMILES string of the molecule is Cc1nn(Cc2ccccc2)c(C)c1CNC(=O)COC(=O)c1ccc(N2NC(=O)CCC2=O)cc1. The van der Waals surface area contributed by atoms with Crippen molar-refractivity contribution in [2.75, 3.05) is 11.6 Å². The number of anilines is 1. The molecule has 1 aliphatic heterocycles. The molecule has 36 heavy (non-hydrogen) atoms. The molecular formula is C26H27N5O5. The Morgan fingerprint density at radius 3 is 2.47 bits per heavy atom. The normalized spacial score (nSPS) is 13.3. The molecule has 2 N–H and O–H groups in total. The topological polar surface area (TPSA) is 123 Å². The number of esters is 1. The molecule has 0 aliphatic carbocycles. The molecule has 0 saturated carbocycles. The quantitative estimate of drug-likeness (QED) is 0.468. The van der Waals surface area contributed by atoms with Crippen LogP contribution in [0, 0.1) is 13.8 Å². The molecule has 3 aromatic rings. The number of hydrogen-bond donors (Lipinski definition) is 2. The molecule has 10 nitrogen and oxygen atoms in total. The third-order valence-corrected chi connectivity index (χ3v) is 5.92. The molecule has 0 bridgehead atoms. The first-order valence-corrected chi connectivity index (χ1v) is 11.5. The highest BCUT2D eigenvalue weighted by molar-refractivity contribution is 6.01. The molecule has 10 heteroatoms. The number of carbonyl (C=O) groups is 4. The summed E-state index contributed by atoms with van der Waals surface area (Å²) in [5.74, 6) is -1.60. The monoisotopic (exact) mass is 489 g/mol. The third kappa shape index (κ3) is 5.77. The lowest BCUT2D eigenvalue weighted by Crippen LogP contribution is -2.50. The number of nitrogens with one attached hydrogen (secondary N) is 2. The maximum absolute atomic E-state index is 12.3. The zero-order chi connectivity index (χ0) is 25.7. The van der Waals surface area contributed by atoms with Gasteiger partial charge in [-0.2, -0.15) is 5.10 Å². The van der Waals surface area contributed by atoms with E-state index in [1.54, 1.807) is 0 Å². The molecule has 1 saturated heterocycles. The van der Waals surface area contributed by atoms with Gasteiger partial charge in [-0.05, 0) is 43.7 Å². The van der Waals surface area contributed by atoms with Crippen LogP contribution in [0.1, 0.15) is 45.7 Å². The second-order valence-corrected chi connectivity index (χ2v) is 8.46. The van der Waals surface area contributed by atoms with Crippen LogP contribution in [0.4, 0.5) is 5.69 Å². The van der Waals surface area contributed by atoms with E-state index in [1.165, 1.54) is 24.3 Å². The van der Waals surface area contributed by atoms with Crippen LogP contribution in [0.5, 0.6) is 0 Å². The zero-order valence-corrected chi connectivity index (χ0v) is 20.1. The van der Waals surface area contributed by atoms with Gasteiger partial charge in [-0.15, -0.1) is 0 Å². The average Bonchev–Trinajstić information content (AvgIpc) is 3.15. The highest BCUT2D eigenvalue weighted by atomic mass is 16.5. The minimum Gasteiger partial charge on any atom is -0.452 e. The number of benzene rings is 2. The predicted octanol–water partition coefficient (Wildman–Crippen LogP) is 2.18. The van der Waals surface area contributed by atoms with Crippen molar-refractivity contribution in [3.63, 3.8) is 0 Å². The summed E-state index contributed by atoms with van der Waals surface area (Å²) in [7, 11) is 0. The van der Waals surface area contributed by atoms with E-state index in [0.29, 0.717) is 12.2 Å². The Labute approximate surface area is 208 Å². The highest BCUT2D eigenvalue weighted by Crippen LogP contribution is 2.18. The maximum atomic E-state index is 12.3. The van der Waals surface area contributed by atoms with E-state index in [0.717, 1.165) is 27.5 Å². The Hall–Kier alpha value is -4.47. The first-order chi connectivity index (χ1) is 17.3. The van der Waals surface area contributed by atoms with Crippen LogP contribution in [0.25, 0.3) is 0 Å². The van der Waals surface area contributed by atoms with Crippen molar-refractivity contribution in [1.82, 2.24) is 20.5 Å². The number of aryl methyl sites for hydroxylation is 1. The molecule has 0 atom stereocenters. The lowest BCUT2D eigenvalue weighted by Gasteiger charge is -2.27. The fraction of sp³-hybridized carbons (Fsp3) is 0.269. The maximum Gasteiger partial charge on any atom is 0.338 e. The van der Waals surface area contributed by atoms with Crippen molar-refractivity contribution in [2.24, 2.45) is 0 Å². The summed E-state index contributed by atoms with van der Waals surface area (Å²) in [6.07, 6.45) is 0.272. The van der Waals surface area contributed by atoms with Gasteiger partial charge in [0.05, 0.1) is 23.5 Å². The van der Waals surface area contributed by atoms with Gasteiger partial charge in [-0.1, -0.05) is 30.3 Å². The highest BCUT2D eigenvalue weighted by Gasteiger charge is 2.24. The molecule has 1 aliphatic rings. The van der Waals surface area contributed by atoms with Gasteiger partial charge >= 0.3 is 5.97 Å². The second kappa shape index (κ2) is 10.9. The first-order valence-electron chi connectivity index (χ1n) is 11.5. The summed E-state index contributed by atoms with van der Waals surface area (Å²) in [6, 6.07) is 16.0. The van der Waals surface area contributed by atoms with Crippen LogP contribution in [0.2, 0.25) is 0 Å². The Bertz CT molecular complexity index is 1280. The van der Waals surface area contributed by atoms with Crippen LogP contribution < -0.4 is 15.8 Å². The summed E-state index contributed by atoms with van der Waals surface area (Å²) in [5.41, 5.74) is 6.97. The molecule has 3 amide bonds. The van der Waals surface area contributed by atoms with Crippen molar-refractivity contribution >= 4 is 29.4 Å². The summed E-state index contributed by atoms with van der Waals surface area (Å²) < 4.78 is 7.03. The predicted molar refractivity (Wildman–Crippen MR) is 131 cm³/mol. The van der Waals surface area contributed by atoms with Gasteiger partial charge in [0.15, 0.2) is 6.61 Å². The summed E-state index contributed by atoms with van der Waals surface area (Å²) in [4.78, 5) is 48.2. The van der Waals surface area contributed by atoms with Gasteiger partial charge in [0.1, 0.15) is 0 Å². The molecule has 1 fully saturated rings. The fourth-order valence-electron chi connectivity index (χ4n) is 3.88. The molecule has 0 radical (unpaired) electrons. The molecule has 4 rings (SSSR count). The number of amides is 3. The molecular weight excluding hydrogens is 462 g/mol. The minimum absolute atomic E-state index is 0.123. The first kappa shape index (κ1) is 24.6. The standard InChI is InChI=1S/C26H27N5O5/c1-17-22(18(2)30(28-17)15-19-6-4-3-5-7-19)14-27-24(33)16-36-26(35)20-8-10-21(11-9-20)31-25(34)13-12-23(32)29-31/h3-11H,12-16H2,1-2H3,(H,27,33)(H,29,32). The van der Waals surface area contributed by atoms with Crippen molar-refractivity contribution < 1.29 is 23.9 Å². The molecule has 186 valence electrons. The van der Waals surface area contributed by atoms with E-state index in [9.17, 15) is 19.2 Å². The second-order valence-electron chi connectivity index (χ2n) is 8.46. The number of hydrazine groups is 1. The summed E-state index contributed by atoms with van der Waals surface area (Å²) in [5, 5.41) is 8.50. The summed E-state index contributed by atoms with van der Waals surface area (Å²) in [6.45, 7) is 4.32. The van der Waals surface area contributed by atoms with Crippen LogP contribution in [-0.2, 0) is 32.2 Å². The number of nitrogens with zero attached hydrogens (tertiary/aromatic N) is 3. The number of ether oxygens (including phenoxy) is 1. The number of aromatic nitrogens is 2. The molecule has 2 heterocycles. The van der Waals surface area contributed by atoms with Gasteiger partial charge in [-0.3, -0.25) is 24.5 Å².